The Labute approximate surface area is 245 Å². The average Bonchev–Trinajstić information content (AvgIpc) is 3.30. The van der Waals surface area contributed by atoms with Crippen LogP contribution in [-0.4, -0.2) is 0 Å². The van der Waals surface area contributed by atoms with E-state index in [1.807, 2.05) is 0 Å². The van der Waals surface area contributed by atoms with E-state index in [1.165, 1.54) is 66.8 Å². The van der Waals surface area contributed by atoms with Crippen molar-refractivity contribution < 1.29 is 0 Å². The molecule has 1 spiro atoms. The lowest BCUT2D eigenvalue weighted by atomic mass is 9.64. The molecule has 0 aliphatic heterocycles. The maximum absolute atomic E-state index is 3.96. The van der Waals surface area contributed by atoms with Gasteiger partial charge in [-0.15, -0.1) is 0 Å². The first-order valence-corrected chi connectivity index (χ1v) is 14.8. The molecule has 39 heavy (non-hydrogen) atoms. The molecule has 2 aliphatic carbocycles. The van der Waals surface area contributed by atoms with Crippen LogP contribution in [0.2, 0.25) is 0 Å². The summed E-state index contributed by atoms with van der Waals surface area (Å²) in [6.07, 6.45) is 0. The summed E-state index contributed by atoms with van der Waals surface area (Å²) in [6, 6.07) is 49.2. The smallest absolute Gasteiger partial charge is 0.0619 e. The van der Waals surface area contributed by atoms with Crippen LogP contribution in [0.25, 0.3) is 44.5 Å². The fraction of sp³-hybridized carbons (Fsp3) is 0.0270. The van der Waals surface area contributed by atoms with Gasteiger partial charge in [0.05, 0.1) is 5.41 Å². The van der Waals surface area contributed by atoms with Crippen LogP contribution < -0.4 is 0 Å². The van der Waals surface area contributed by atoms with Crippen LogP contribution in [0.5, 0.6) is 0 Å². The van der Waals surface area contributed by atoms with Crippen LogP contribution in [-0.2, 0) is 5.41 Å². The maximum atomic E-state index is 3.96. The highest BCUT2D eigenvalue weighted by atomic mass is 79.9. The molecule has 0 aromatic heterocycles. The molecule has 184 valence electrons. The topological polar surface area (TPSA) is 0 Å². The molecule has 0 nitrogen and oxygen atoms in total. The summed E-state index contributed by atoms with van der Waals surface area (Å²) in [5.74, 6) is 0. The highest BCUT2D eigenvalue weighted by Gasteiger charge is 2.49. The third kappa shape index (κ3) is 3.05. The molecule has 0 saturated carbocycles. The first-order valence-electron chi connectivity index (χ1n) is 13.2. The van der Waals surface area contributed by atoms with Crippen molar-refractivity contribution in [1.29, 1.82) is 0 Å². The van der Waals surface area contributed by atoms with Crippen molar-refractivity contribution in [3.05, 3.63) is 165 Å². The van der Waals surface area contributed by atoms with Crippen molar-refractivity contribution in [3.63, 3.8) is 0 Å². The second kappa shape index (κ2) is 8.64. The second-order valence-electron chi connectivity index (χ2n) is 10.3. The second-order valence-corrected chi connectivity index (χ2v) is 12.0. The fourth-order valence-electron chi connectivity index (χ4n) is 7.06. The van der Waals surface area contributed by atoms with E-state index in [4.69, 9.17) is 0 Å². The Kier molecular flexibility index (Phi) is 5.14. The van der Waals surface area contributed by atoms with E-state index < -0.39 is 5.41 Å². The van der Waals surface area contributed by atoms with Crippen LogP contribution in [0.15, 0.2) is 142 Å². The summed E-state index contributed by atoms with van der Waals surface area (Å²) >= 11 is 7.91. The van der Waals surface area contributed by atoms with Gasteiger partial charge in [-0.05, 0) is 67.8 Å². The summed E-state index contributed by atoms with van der Waals surface area (Å²) in [5.41, 5.74) is 14.8. The molecule has 0 N–H and O–H groups in total. The first kappa shape index (κ1) is 23.2. The zero-order valence-corrected chi connectivity index (χ0v) is 24.1. The summed E-state index contributed by atoms with van der Waals surface area (Å²) < 4.78 is 2.23. The van der Waals surface area contributed by atoms with Crippen LogP contribution in [0.1, 0.15) is 22.3 Å². The molecule has 8 rings (SSSR count). The van der Waals surface area contributed by atoms with Gasteiger partial charge >= 0.3 is 0 Å². The number of hydrogen-bond donors (Lipinski definition) is 0. The number of halogens is 2. The molecule has 1 unspecified atom stereocenters. The van der Waals surface area contributed by atoms with Crippen LogP contribution in [0.4, 0.5) is 0 Å². The molecule has 0 bridgehead atoms. The quantitative estimate of drug-likeness (QED) is 0.157. The Morgan fingerprint density at radius 2 is 0.718 bits per heavy atom. The SMILES string of the molecule is Brc1cccc2c1-c1ccccc1-c1ccccc1C1(c3ccccc3-2)c2ccccc2-c2c(Br)cccc21. The van der Waals surface area contributed by atoms with Gasteiger partial charge in [0.1, 0.15) is 0 Å². The highest BCUT2D eigenvalue weighted by Crippen LogP contribution is 2.62. The van der Waals surface area contributed by atoms with Crippen molar-refractivity contribution in [1.82, 2.24) is 0 Å². The third-order valence-electron chi connectivity index (χ3n) is 8.47. The minimum absolute atomic E-state index is 0.500. The Morgan fingerprint density at radius 1 is 0.308 bits per heavy atom. The van der Waals surface area contributed by atoms with Gasteiger partial charge in [-0.1, -0.05) is 153 Å². The molecule has 0 amide bonds. The molecule has 2 heteroatoms. The molecular weight excluding hydrogens is 604 g/mol. The van der Waals surface area contributed by atoms with Crippen LogP contribution in [0, 0.1) is 0 Å². The summed E-state index contributed by atoms with van der Waals surface area (Å²) in [7, 11) is 0. The molecule has 1 atom stereocenters. The molecule has 6 aromatic carbocycles. The normalized spacial score (nSPS) is 16.1. The lowest BCUT2D eigenvalue weighted by Crippen LogP contribution is -2.30. The molecule has 0 heterocycles. The largest absolute Gasteiger partial charge is 0.0725 e. The Morgan fingerprint density at radius 3 is 1.38 bits per heavy atom. The zero-order valence-electron chi connectivity index (χ0n) is 21.0. The zero-order chi connectivity index (χ0) is 26.1. The summed E-state index contributed by atoms with van der Waals surface area (Å²) in [4.78, 5) is 0. The van der Waals surface area contributed by atoms with Gasteiger partial charge in [0, 0.05) is 20.1 Å². The number of rotatable bonds is 0. The molecule has 0 fully saturated rings. The van der Waals surface area contributed by atoms with Crippen molar-refractivity contribution in [3.8, 4) is 44.5 Å². The molecule has 0 radical (unpaired) electrons. The lowest BCUT2D eigenvalue weighted by Gasteiger charge is -2.36. The van der Waals surface area contributed by atoms with E-state index in [9.17, 15) is 0 Å². The van der Waals surface area contributed by atoms with Gasteiger partial charge in [0.2, 0.25) is 0 Å². The van der Waals surface area contributed by atoms with Crippen LogP contribution >= 0.6 is 31.9 Å². The minimum Gasteiger partial charge on any atom is -0.0619 e. The van der Waals surface area contributed by atoms with Crippen LogP contribution in [0.3, 0.4) is 0 Å². The van der Waals surface area contributed by atoms with E-state index in [0.717, 1.165) is 8.95 Å². The van der Waals surface area contributed by atoms with Crippen molar-refractivity contribution in [2.24, 2.45) is 0 Å². The van der Waals surface area contributed by atoms with Gasteiger partial charge < -0.3 is 0 Å². The van der Waals surface area contributed by atoms with Gasteiger partial charge in [-0.3, -0.25) is 0 Å². The molecule has 2 aliphatic rings. The van der Waals surface area contributed by atoms with Crippen molar-refractivity contribution >= 4 is 31.9 Å². The van der Waals surface area contributed by atoms with E-state index in [0.29, 0.717) is 0 Å². The minimum atomic E-state index is -0.500. The predicted octanol–water partition coefficient (Wildman–Crippen LogP) is 10.9. The van der Waals surface area contributed by atoms with E-state index in [2.05, 4.69) is 165 Å². The standard InChI is InChI=1S/C37H22Br2/c38-33-21-9-16-27-25-13-4-7-18-30(25)37(31-19-8-5-15-28(31)36-32(37)20-10-22-34(36)39)29-17-6-3-12-24(29)23-11-1-2-14-26(23)35(27)33/h1-22H. The molecular formula is C37H22Br2. The third-order valence-corrected chi connectivity index (χ3v) is 9.79. The number of benzene rings is 6. The monoisotopic (exact) mass is 624 g/mol. The first-order chi connectivity index (χ1) is 19.2. The van der Waals surface area contributed by atoms with Gasteiger partial charge in [-0.2, -0.15) is 0 Å². The van der Waals surface area contributed by atoms with E-state index in [1.54, 1.807) is 0 Å². The number of hydrogen-bond acceptors (Lipinski definition) is 0. The number of fused-ring (bicyclic) bond motifs is 14. The van der Waals surface area contributed by atoms with Gasteiger partial charge in [-0.25, -0.2) is 0 Å². The molecule has 6 aromatic rings. The molecule has 0 saturated heterocycles. The maximum Gasteiger partial charge on any atom is 0.0725 e. The lowest BCUT2D eigenvalue weighted by molar-refractivity contribution is 0.773. The van der Waals surface area contributed by atoms with E-state index in [-0.39, 0.29) is 0 Å². The Balaban J connectivity index is 1.69. The predicted molar refractivity (Wildman–Crippen MR) is 169 cm³/mol. The Bertz CT molecular complexity index is 1950. The van der Waals surface area contributed by atoms with Gasteiger partial charge in [0.25, 0.3) is 0 Å². The van der Waals surface area contributed by atoms with Gasteiger partial charge in [0.15, 0.2) is 0 Å². The average molecular weight is 626 g/mol. The Hall–Kier alpha value is -3.72. The highest BCUT2D eigenvalue weighted by molar-refractivity contribution is 9.11. The van der Waals surface area contributed by atoms with E-state index >= 15 is 0 Å². The fourth-order valence-corrected chi connectivity index (χ4v) is 8.22. The van der Waals surface area contributed by atoms with Crippen molar-refractivity contribution in [2.45, 2.75) is 5.41 Å². The summed E-state index contributed by atoms with van der Waals surface area (Å²) in [6.45, 7) is 0. The summed E-state index contributed by atoms with van der Waals surface area (Å²) in [5, 5.41) is 0. The van der Waals surface area contributed by atoms with Crippen molar-refractivity contribution in [2.75, 3.05) is 0 Å².